The summed E-state index contributed by atoms with van der Waals surface area (Å²) in [5.41, 5.74) is 3.15. The molecule has 1 fully saturated rings. The quantitative estimate of drug-likeness (QED) is 0.796. The van der Waals surface area contributed by atoms with E-state index in [0.717, 1.165) is 42.9 Å². The van der Waals surface area contributed by atoms with Gasteiger partial charge in [-0.25, -0.2) is 4.79 Å². The molecule has 6 nitrogen and oxygen atoms in total. The molecule has 3 aliphatic rings. The minimum atomic E-state index is -0.430. The number of hydrogen-bond acceptors (Lipinski definition) is 4. The number of carbonyl (C=O) groups is 1. The molecule has 6 heteroatoms. The van der Waals surface area contributed by atoms with Crippen LogP contribution in [0.25, 0.3) is 5.70 Å². The van der Waals surface area contributed by atoms with Crippen LogP contribution in [0.4, 0.5) is 4.79 Å². The molecule has 1 saturated heterocycles. The zero-order chi connectivity index (χ0) is 17.9. The van der Waals surface area contributed by atoms with E-state index < -0.39 is 6.23 Å². The maximum absolute atomic E-state index is 12.5. The lowest BCUT2D eigenvalue weighted by Crippen LogP contribution is -2.51. The molecule has 0 aromatic heterocycles. The number of nitrogens with one attached hydrogen (secondary N) is 1. The van der Waals surface area contributed by atoms with Crippen LogP contribution in [0.3, 0.4) is 0 Å². The van der Waals surface area contributed by atoms with Gasteiger partial charge in [0, 0.05) is 18.7 Å². The van der Waals surface area contributed by atoms with Crippen LogP contribution in [-0.4, -0.2) is 49.6 Å². The van der Waals surface area contributed by atoms with Crippen molar-refractivity contribution in [3.05, 3.63) is 48.1 Å². The molecule has 0 saturated carbocycles. The van der Waals surface area contributed by atoms with Gasteiger partial charge in [0.1, 0.15) is 12.4 Å². The van der Waals surface area contributed by atoms with Crippen LogP contribution in [-0.2, 0) is 15.9 Å². The summed E-state index contributed by atoms with van der Waals surface area (Å²) in [4.78, 5) is 14.3. The molecule has 138 valence electrons. The number of amides is 2. The largest absolute Gasteiger partial charge is 0.490 e. The zero-order valence-electron chi connectivity index (χ0n) is 14.8. The molecule has 0 bridgehead atoms. The molecule has 2 atom stereocenters. The van der Waals surface area contributed by atoms with Gasteiger partial charge in [0.05, 0.1) is 18.4 Å². The van der Waals surface area contributed by atoms with E-state index in [2.05, 4.69) is 11.9 Å². The Kier molecular flexibility index (Phi) is 4.95. The molecule has 3 aliphatic heterocycles. The maximum Gasteiger partial charge on any atom is 0.324 e. The Morgan fingerprint density at radius 3 is 3.15 bits per heavy atom. The smallest absolute Gasteiger partial charge is 0.324 e. The van der Waals surface area contributed by atoms with Crippen molar-refractivity contribution < 1.29 is 19.0 Å². The van der Waals surface area contributed by atoms with E-state index in [9.17, 15) is 4.79 Å². The number of ether oxygens (including phenoxy) is 3. The van der Waals surface area contributed by atoms with Gasteiger partial charge in [0.15, 0.2) is 6.23 Å². The predicted octanol–water partition coefficient (Wildman–Crippen LogP) is 2.70. The van der Waals surface area contributed by atoms with E-state index in [1.54, 1.807) is 11.0 Å². The van der Waals surface area contributed by atoms with Crippen molar-refractivity contribution in [2.45, 2.75) is 31.6 Å². The number of hydrogen-bond donors (Lipinski definition) is 1. The summed E-state index contributed by atoms with van der Waals surface area (Å²) in [6.45, 7) is 6.09. The third-order valence-electron chi connectivity index (χ3n) is 4.92. The minimum Gasteiger partial charge on any atom is -0.490 e. The number of rotatable bonds is 6. The monoisotopic (exact) mass is 356 g/mol. The third-order valence-corrected chi connectivity index (χ3v) is 4.92. The minimum absolute atomic E-state index is 0.113. The van der Waals surface area contributed by atoms with Gasteiger partial charge in [0.25, 0.3) is 0 Å². The van der Waals surface area contributed by atoms with Crippen LogP contribution in [0.2, 0.25) is 0 Å². The number of nitrogens with zero attached hydrogens (tertiary/aromatic N) is 1. The summed E-state index contributed by atoms with van der Waals surface area (Å²) in [7, 11) is 0. The van der Waals surface area contributed by atoms with E-state index in [0.29, 0.717) is 19.8 Å². The highest BCUT2D eigenvalue weighted by Gasteiger charge is 2.32. The fraction of sp³-hybridized carbons (Fsp3) is 0.450. The highest BCUT2D eigenvalue weighted by Crippen LogP contribution is 2.33. The first kappa shape index (κ1) is 17.1. The van der Waals surface area contributed by atoms with E-state index >= 15 is 0 Å². The molecule has 26 heavy (non-hydrogen) atoms. The fourth-order valence-electron chi connectivity index (χ4n) is 3.62. The first-order valence-electron chi connectivity index (χ1n) is 9.14. The second-order valence-electron chi connectivity index (χ2n) is 6.71. The van der Waals surface area contributed by atoms with Crippen molar-refractivity contribution in [2.24, 2.45) is 0 Å². The summed E-state index contributed by atoms with van der Waals surface area (Å²) in [6, 6.07) is 5.88. The van der Waals surface area contributed by atoms with Gasteiger partial charge in [-0.05, 0) is 49.1 Å². The lowest BCUT2D eigenvalue weighted by molar-refractivity contribution is -0.0135. The number of carbonyl (C=O) groups excluding carboxylic acids is 1. The number of urea groups is 1. The summed E-state index contributed by atoms with van der Waals surface area (Å²) >= 11 is 0. The molecule has 2 amide bonds. The lowest BCUT2D eigenvalue weighted by atomic mass is 9.95. The second-order valence-corrected chi connectivity index (χ2v) is 6.71. The Hall–Kier alpha value is -2.31. The third kappa shape index (κ3) is 3.48. The van der Waals surface area contributed by atoms with Crippen molar-refractivity contribution in [2.75, 3.05) is 26.4 Å². The standard InChI is InChI=1S/C20H24N2O4/c1-2-9-24-15-5-6-17-14(11-15)7-8-22-18(17)12-19(21-20(22)23)26-13-16-4-3-10-25-16/h2,5-6,11-12,16,19H,1,3-4,7-10,13H2,(H,21,23). The Morgan fingerprint density at radius 2 is 2.35 bits per heavy atom. The van der Waals surface area contributed by atoms with E-state index in [4.69, 9.17) is 14.2 Å². The average molecular weight is 356 g/mol. The molecule has 0 spiro atoms. The van der Waals surface area contributed by atoms with Crippen LogP contribution in [0.1, 0.15) is 24.0 Å². The molecule has 2 unspecified atom stereocenters. The Bertz CT molecular complexity index is 725. The molecule has 4 rings (SSSR count). The summed E-state index contributed by atoms with van der Waals surface area (Å²) in [6.07, 6.45) is 6.30. The van der Waals surface area contributed by atoms with Crippen LogP contribution in [0, 0.1) is 0 Å². The van der Waals surface area contributed by atoms with Gasteiger partial charge in [-0.1, -0.05) is 12.7 Å². The molecule has 0 radical (unpaired) electrons. The van der Waals surface area contributed by atoms with Crippen LogP contribution < -0.4 is 10.1 Å². The van der Waals surface area contributed by atoms with Crippen molar-refractivity contribution in [3.63, 3.8) is 0 Å². The maximum atomic E-state index is 12.5. The first-order chi connectivity index (χ1) is 12.7. The molecular weight excluding hydrogens is 332 g/mol. The fourth-order valence-corrected chi connectivity index (χ4v) is 3.62. The highest BCUT2D eigenvalue weighted by atomic mass is 16.5. The SMILES string of the molecule is C=CCOc1ccc2c(c1)CCN1C(=O)NC(OCC3CCCO3)C=C21. The Morgan fingerprint density at radius 1 is 1.42 bits per heavy atom. The normalized spacial score (nSPS) is 24.4. The zero-order valence-corrected chi connectivity index (χ0v) is 14.8. The molecule has 1 aromatic carbocycles. The topological polar surface area (TPSA) is 60.0 Å². The van der Waals surface area contributed by atoms with Crippen LogP contribution in [0.5, 0.6) is 5.75 Å². The lowest BCUT2D eigenvalue weighted by Gasteiger charge is -2.37. The van der Waals surface area contributed by atoms with Crippen LogP contribution >= 0.6 is 0 Å². The number of benzene rings is 1. The average Bonchev–Trinajstić information content (AvgIpc) is 3.18. The van der Waals surface area contributed by atoms with Gasteiger partial charge in [0.2, 0.25) is 0 Å². The summed E-state index contributed by atoms with van der Waals surface area (Å²) in [5.74, 6) is 0.823. The van der Waals surface area contributed by atoms with Gasteiger partial charge in [-0.3, -0.25) is 4.90 Å². The molecule has 0 aliphatic carbocycles. The Labute approximate surface area is 153 Å². The van der Waals surface area contributed by atoms with Crippen molar-refractivity contribution >= 4 is 11.7 Å². The highest BCUT2D eigenvalue weighted by molar-refractivity contribution is 5.90. The summed E-state index contributed by atoms with van der Waals surface area (Å²) in [5, 5.41) is 2.91. The Balaban J connectivity index is 1.53. The first-order valence-corrected chi connectivity index (χ1v) is 9.14. The van der Waals surface area contributed by atoms with Gasteiger partial charge < -0.3 is 19.5 Å². The van der Waals surface area contributed by atoms with Gasteiger partial charge >= 0.3 is 6.03 Å². The summed E-state index contributed by atoms with van der Waals surface area (Å²) < 4.78 is 17.1. The van der Waals surface area contributed by atoms with Gasteiger partial charge in [-0.2, -0.15) is 0 Å². The predicted molar refractivity (Wildman–Crippen MR) is 97.8 cm³/mol. The van der Waals surface area contributed by atoms with Crippen LogP contribution in [0.15, 0.2) is 36.9 Å². The molecule has 1 N–H and O–H groups in total. The number of fused-ring (bicyclic) bond motifs is 3. The molecular formula is C20H24N2O4. The van der Waals surface area contributed by atoms with E-state index in [1.807, 2.05) is 24.3 Å². The van der Waals surface area contributed by atoms with E-state index in [-0.39, 0.29) is 12.1 Å². The second kappa shape index (κ2) is 7.51. The van der Waals surface area contributed by atoms with E-state index in [1.165, 1.54) is 5.56 Å². The van der Waals surface area contributed by atoms with Crippen molar-refractivity contribution in [3.8, 4) is 5.75 Å². The molecule has 1 aromatic rings. The van der Waals surface area contributed by atoms with Crippen molar-refractivity contribution in [1.82, 2.24) is 10.2 Å². The van der Waals surface area contributed by atoms with Crippen molar-refractivity contribution in [1.29, 1.82) is 0 Å². The molecule has 3 heterocycles. The van der Waals surface area contributed by atoms with Gasteiger partial charge in [-0.15, -0.1) is 0 Å².